The molecule has 0 spiro atoms. The number of rotatable bonds is 5. The molecule has 1 aliphatic heterocycles. The van der Waals surface area contributed by atoms with E-state index in [1.165, 1.54) is 10.4 Å². The Bertz CT molecular complexity index is 1230. The van der Waals surface area contributed by atoms with Crippen LogP contribution in [0.25, 0.3) is 0 Å². The molecule has 0 fully saturated rings. The number of hydrogen-bond acceptors (Lipinski definition) is 5. The summed E-state index contributed by atoms with van der Waals surface area (Å²) in [5.41, 5.74) is 3.68. The lowest BCUT2D eigenvalue weighted by Gasteiger charge is -2.36. The van der Waals surface area contributed by atoms with Crippen molar-refractivity contribution in [2.45, 2.75) is 52.6 Å². The number of fused-ring (bicyclic) bond motifs is 3. The van der Waals surface area contributed by atoms with Crippen LogP contribution in [-0.4, -0.2) is 11.9 Å². The second-order valence-electron chi connectivity index (χ2n) is 9.87. The lowest BCUT2D eigenvalue weighted by molar-refractivity contribution is 0.0734. The second kappa shape index (κ2) is 8.91. The van der Waals surface area contributed by atoms with Crippen molar-refractivity contribution in [3.05, 3.63) is 81.7 Å². The normalized spacial score (nSPS) is 19.4. The molecule has 5 rings (SSSR count). The van der Waals surface area contributed by atoms with Crippen molar-refractivity contribution < 1.29 is 14.3 Å². The minimum atomic E-state index is -0.406. The van der Waals surface area contributed by atoms with E-state index in [1.807, 2.05) is 18.2 Å². The van der Waals surface area contributed by atoms with E-state index in [9.17, 15) is 9.59 Å². The third-order valence-electron chi connectivity index (χ3n) is 7.47. The van der Waals surface area contributed by atoms with Crippen LogP contribution in [0.1, 0.15) is 76.5 Å². The fourth-order valence-corrected chi connectivity index (χ4v) is 6.27. The first-order valence-corrected chi connectivity index (χ1v) is 12.8. The summed E-state index contributed by atoms with van der Waals surface area (Å²) >= 11 is 1.73. The van der Waals surface area contributed by atoms with Gasteiger partial charge in [-0.3, -0.25) is 4.79 Å². The predicted molar refractivity (Wildman–Crippen MR) is 136 cm³/mol. The number of carbonyl (C=O) groups is 2. The average molecular weight is 475 g/mol. The number of nitrogens with one attached hydrogen (secondary N) is 2. The Balaban J connectivity index is 1.35. The molecule has 0 saturated heterocycles. The van der Waals surface area contributed by atoms with Crippen molar-refractivity contribution >= 4 is 28.2 Å². The fourth-order valence-electron chi connectivity index (χ4n) is 4.92. The van der Waals surface area contributed by atoms with Crippen molar-refractivity contribution in [2.24, 2.45) is 11.3 Å². The number of amides is 1. The largest absolute Gasteiger partial charge is 0.423 e. The highest BCUT2D eigenvalue weighted by molar-refractivity contribution is 7.16. The third kappa shape index (κ3) is 4.23. The van der Waals surface area contributed by atoms with Gasteiger partial charge >= 0.3 is 5.97 Å². The topological polar surface area (TPSA) is 67.4 Å². The van der Waals surface area contributed by atoms with Gasteiger partial charge < -0.3 is 15.4 Å². The molecule has 34 heavy (non-hydrogen) atoms. The van der Waals surface area contributed by atoms with Crippen molar-refractivity contribution in [2.75, 3.05) is 5.32 Å². The summed E-state index contributed by atoms with van der Waals surface area (Å²) in [6.45, 7) is 6.98. The average Bonchev–Trinajstić information content (AvgIpc) is 3.23. The SMILES string of the molecule is CCC(C)(C)C1CCc2c(sc3c2C(=O)NC(c2cccc(OC(=O)c4ccccc4)c2)N3)C1. The van der Waals surface area contributed by atoms with Gasteiger partial charge in [-0.15, -0.1) is 11.3 Å². The monoisotopic (exact) mass is 474 g/mol. The molecular formula is C28H30N2O3S. The molecule has 6 heteroatoms. The number of benzene rings is 2. The first-order valence-electron chi connectivity index (χ1n) is 11.9. The van der Waals surface area contributed by atoms with Crippen molar-refractivity contribution in [1.82, 2.24) is 5.32 Å². The van der Waals surface area contributed by atoms with E-state index >= 15 is 0 Å². The van der Waals surface area contributed by atoms with E-state index < -0.39 is 5.97 Å². The highest BCUT2D eigenvalue weighted by atomic mass is 32.1. The van der Waals surface area contributed by atoms with Gasteiger partial charge in [0.15, 0.2) is 0 Å². The minimum Gasteiger partial charge on any atom is -0.423 e. The fraction of sp³-hybridized carbons (Fsp3) is 0.357. The van der Waals surface area contributed by atoms with Gasteiger partial charge in [0.1, 0.15) is 16.9 Å². The molecule has 2 aromatic carbocycles. The number of ether oxygens (including phenoxy) is 1. The van der Waals surface area contributed by atoms with Gasteiger partial charge in [-0.05, 0) is 66.0 Å². The first kappa shape index (κ1) is 22.7. The number of hydrogen-bond donors (Lipinski definition) is 2. The maximum Gasteiger partial charge on any atom is 0.343 e. The van der Waals surface area contributed by atoms with E-state index in [4.69, 9.17) is 4.74 Å². The van der Waals surface area contributed by atoms with Crippen LogP contribution in [0.5, 0.6) is 5.75 Å². The van der Waals surface area contributed by atoms with E-state index in [-0.39, 0.29) is 12.1 Å². The molecule has 1 amide bonds. The molecule has 1 aromatic heterocycles. The summed E-state index contributed by atoms with van der Waals surface area (Å²) in [5.74, 6) is 0.649. The maximum atomic E-state index is 13.2. The molecule has 0 bridgehead atoms. The Morgan fingerprint density at radius 2 is 1.91 bits per heavy atom. The van der Waals surface area contributed by atoms with Crippen molar-refractivity contribution in [3.63, 3.8) is 0 Å². The van der Waals surface area contributed by atoms with Gasteiger partial charge in [-0.25, -0.2) is 4.79 Å². The highest BCUT2D eigenvalue weighted by Gasteiger charge is 2.37. The summed E-state index contributed by atoms with van der Waals surface area (Å²) in [6.07, 6.45) is 3.91. The molecule has 176 valence electrons. The van der Waals surface area contributed by atoms with Crippen LogP contribution in [0.4, 0.5) is 5.00 Å². The summed E-state index contributed by atoms with van der Waals surface area (Å²) in [5, 5.41) is 7.58. The summed E-state index contributed by atoms with van der Waals surface area (Å²) < 4.78 is 5.57. The van der Waals surface area contributed by atoms with E-state index in [0.29, 0.717) is 22.6 Å². The van der Waals surface area contributed by atoms with Gasteiger partial charge in [0, 0.05) is 4.88 Å². The zero-order valence-corrected chi connectivity index (χ0v) is 20.6. The van der Waals surface area contributed by atoms with Crippen molar-refractivity contribution in [1.29, 1.82) is 0 Å². The lowest BCUT2D eigenvalue weighted by atomic mass is 9.69. The lowest BCUT2D eigenvalue weighted by Crippen LogP contribution is -2.38. The summed E-state index contributed by atoms with van der Waals surface area (Å²) in [7, 11) is 0. The third-order valence-corrected chi connectivity index (χ3v) is 8.66. The molecule has 5 nitrogen and oxygen atoms in total. The first-order chi connectivity index (χ1) is 16.4. The molecule has 2 N–H and O–H groups in total. The quantitative estimate of drug-likeness (QED) is 0.333. The highest BCUT2D eigenvalue weighted by Crippen LogP contribution is 2.47. The Kier molecular flexibility index (Phi) is 5.94. The Hall–Kier alpha value is -3.12. The van der Waals surface area contributed by atoms with Crippen LogP contribution in [0.15, 0.2) is 54.6 Å². The molecule has 0 radical (unpaired) electrons. The van der Waals surface area contributed by atoms with E-state index in [2.05, 4.69) is 31.4 Å². The Morgan fingerprint density at radius 1 is 1.12 bits per heavy atom. The zero-order valence-electron chi connectivity index (χ0n) is 19.8. The van der Waals surface area contributed by atoms with E-state index in [0.717, 1.165) is 41.8 Å². The van der Waals surface area contributed by atoms with Gasteiger partial charge in [-0.1, -0.05) is 57.5 Å². The van der Waals surface area contributed by atoms with E-state index in [1.54, 1.807) is 47.7 Å². The van der Waals surface area contributed by atoms with Crippen molar-refractivity contribution in [3.8, 4) is 5.75 Å². The second-order valence-corrected chi connectivity index (χ2v) is 11.0. The minimum absolute atomic E-state index is 0.0314. The van der Waals surface area contributed by atoms with Gasteiger partial charge in [-0.2, -0.15) is 0 Å². The summed E-state index contributed by atoms with van der Waals surface area (Å²) in [6, 6.07) is 16.2. The molecule has 1 aliphatic carbocycles. The van der Waals surface area contributed by atoms with Crippen LogP contribution in [0.3, 0.4) is 0 Å². The van der Waals surface area contributed by atoms with Gasteiger partial charge in [0.25, 0.3) is 5.91 Å². The van der Waals surface area contributed by atoms with Gasteiger partial charge in [0.05, 0.1) is 11.1 Å². The van der Waals surface area contributed by atoms with Crippen LogP contribution < -0.4 is 15.4 Å². The molecule has 3 aromatic rings. The number of anilines is 1. The molecule has 2 aliphatic rings. The smallest absolute Gasteiger partial charge is 0.343 e. The molecule has 2 unspecified atom stereocenters. The zero-order chi connectivity index (χ0) is 23.9. The molecule has 2 atom stereocenters. The van der Waals surface area contributed by atoms with Crippen LogP contribution in [0.2, 0.25) is 0 Å². The standard InChI is InChI=1S/C28H30N2O3S/c1-4-28(2,3)19-13-14-21-22(16-19)34-26-23(21)25(31)29-24(30-26)18-11-8-12-20(15-18)33-27(32)17-9-6-5-7-10-17/h5-12,15,19,24,30H,4,13-14,16H2,1-3H3,(H,29,31). The van der Waals surface area contributed by atoms with Crippen LogP contribution in [0, 0.1) is 11.3 Å². The predicted octanol–water partition coefficient (Wildman–Crippen LogP) is 6.36. The van der Waals surface area contributed by atoms with Crippen LogP contribution >= 0.6 is 11.3 Å². The number of carbonyl (C=O) groups excluding carboxylic acids is 2. The summed E-state index contributed by atoms with van der Waals surface area (Å²) in [4.78, 5) is 26.9. The molecular weight excluding hydrogens is 444 g/mol. The number of thiophene rings is 1. The number of esters is 1. The Morgan fingerprint density at radius 3 is 2.68 bits per heavy atom. The van der Waals surface area contributed by atoms with Gasteiger partial charge in [0.2, 0.25) is 0 Å². The molecule has 2 heterocycles. The maximum absolute atomic E-state index is 13.2. The van der Waals surface area contributed by atoms with Crippen LogP contribution in [-0.2, 0) is 12.8 Å². The Labute approximate surface area is 204 Å². The molecule has 0 saturated carbocycles.